The van der Waals surface area contributed by atoms with Crippen LogP contribution in [0.4, 0.5) is 11.4 Å². The van der Waals surface area contributed by atoms with Gasteiger partial charge in [0.05, 0.1) is 5.69 Å². The number of rotatable bonds is 5. The minimum Gasteiger partial charge on any atom is -0.481 e. The van der Waals surface area contributed by atoms with Crippen LogP contribution in [0, 0.1) is 0 Å². The summed E-state index contributed by atoms with van der Waals surface area (Å²) in [4.78, 5) is 13.1. The number of anilines is 2. The van der Waals surface area contributed by atoms with Crippen LogP contribution in [0.1, 0.15) is 12.8 Å². The zero-order valence-corrected chi connectivity index (χ0v) is 10.6. The SMILES string of the molecule is CN1C(=O)COc2cc(NCCCCN)ccc21. The maximum atomic E-state index is 11.5. The standard InChI is InChI=1S/C13H19N3O2/c1-16-11-5-4-10(15-7-3-2-6-14)8-12(11)18-9-13(16)17/h4-5,8,15H,2-3,6-7,9,14H2,1H3. The lowest BCUT2D eigenvalue weighted by Crippen LogP contribution is -2.35. The third kappa shape index (κ3) is 2.73. The Morgan fingerprint density at radius 3 is 3.06 bits per heavy atom. The van der Waals surface area contributed by atoms with E-state index < -0.39 is 0 Å². The molecular formula is C13H19N3O2. The number of likely N-dealkylation sites (N-methyl/N-ethyl adjacent to an activating group) is 1. The van der Waals surface area contributed by atoms with Crippen molar-refractivity contribution in [3.63, 3.8) is 0 Å². The van der Waals surface area contributed by atoms with Gasteiger partial charge in [-0.25, -0.2) is 0 Å². The molecule has 0 bridgehead atoms. The average molecular weight is 249 g/mol. The maximum Gasteiger partial charge on any atom is 0.264 e. The number of unbranched alkanes of at least 4 members (excludes halogenated alkanes) is 1. The molecule has 0 aliphatic carbocycles. The van der Waals surface area contributed by atoms with Gasteiger partial charge in [0.15, 0.2) is 6.61 Å². The van der Waals surface area contributed by atoms with Gasteiger partial charge < -0.3 is 20.7 Å². The van der Waals surface area contributed by atoms with E-state index in [1.165, 1.54) is 0 Å². The number of fused-ring (bicyclic) bond motifs is 1. The Morgan fingerprint density at radius 1 is 1.44 bits per heavy atom. The first kappa shape index (κ1) is 12.7. The summed E-state index contributed by atoms with van der Waals surface area (Å²) in [6.45, 7) is 1.73. The summed E-state index contributed by atoms with van der Waals surface area (Å²) in [5.74, 6) is 0.729. The van der Waals surface area contributed by atoms with Crippen molar-refractivity contribution in [1.82, 2.24) is 0 Å². The summed E-state index contributed by atoms with van der Waals surface area (Å²) in [5, 5.41) is 3.32. The number of hydrogen-bond donors (Lipinski definition) is 2. The molecule has 1 aromatic carbocycles. The van der Waals surface area contributed by atoms with Gasteiger partial charge in [0.2, 0.25) is 0 Å². The second-order valence-electron chi connectivity index (χ2n) is 4.35. The molecule has 1 aliphatic rings. The van der Waals surface area contributed by atoms with Crippen LogP contribution in [0.2, 0.25) is 0 Å². The van der Waals surface area contributed by atoms with Crippen LogP contribution in [0.5, 0.6) is 5.75 Å². The Kier molecular flexibility index (Phi) is 4.04. The van der Waals surface area contributed by atoms with E-state index in [1.807, 2.05) is 18.2 Å². The molecule has 0 aromatic heterocycles. The van der Waals surface area contributed by atoms with Crippen LogP contribution < -0.4 is 20.7 Å². The van der Waals surface area contributed by atoms with E-state index in [9.17, 15) is 4.79 Å². The lowest BCUT2D eigenvalue weighted by Gasteiger charge is -2.26. The number of carbonyl (C=O) groups excluding carboxylic acids is 1. The summed E-state index contributed by atoms with van der Waals surface area (Å²) in [7, 11) is 1.76. The number of nitrogens with zero attached hydrogens (tertiary/aromatic N) is 1. The third-order valence-electron chi connectivity index (χ3n) is 3.01. The summed E-state index contributed by atoms with van der Waals surface area (Å²) in [6.07, 6.45) is 2.07. The van der Waals surface area contributed by atoms with Gasteiger partial charge in [0.1, 0.15) is 5.75 Å². The number of nitrogens with one attached hydrogen (secondary N) is 1. The summed E-state index contributed by atoms with van der Waals surface area (Å²) >= 11 is 0. The van der Waals surface area contributed by atoms with E-state index in [4.69, 9.17) is 10.5 Å². The molecule has 5 nitrogen and oxygen atoms in total. The minimum absolute atomic E-state index is 0.0221. The van der Waals surface area contributed by atoms with Crippen LogP contribution in [0.15, 0.2) is 18.2 Å². The van der Waals surface area contributed by atoms with Gasteiger partial charge in [-0.05, 0) is 31.5 Å². The van der Waals surface area contributed by atoms with Crippen molar-refractivity contribution in [3.8, 4) is 5.75 Å². The van der Waals surface area contributed by atoms with Gasteiger partial charge >= 0.3 is 0 Å². The van der Waals surface area contributed by atoms with Crippen molar-refractivity contribution in [1.29, 1.82) is 0 Å². The number of nitrogens with two attached hydrogens (primary N) is 1. The third-order valence-corrected chi connectivity index (χ3v) is 3.01. The molecule has 0 atom stereocenters. The zero-order chi connectivity index (χ0) is 13.0. The van der Waals surface area contributed by atoms with Crippen LogP contribution in [-0.4, -0.2) is 32.7 Å². The molecule has 3 N–H and O–H groups in total. The maximum absolute atomic E-state index is 11.5. The Labute approximate surface area is 107 Å². The van der Waals surface area contributed by atoms with E-state index >= 15 is 0 Å². The van der Waals surface area contributed by atoms with Crippen molar-refractivity contribution in [2.45, 2.75) is 12.8 Å². The molecule has 98 valence electrons. The van der Waals surface area contributed by atoms with E-state index in [1.54, 1.807) is 11.9 Å². The normalized spacial score (nSPS) is 14.1. The quantitative estimate of drug-likeness (QED) is 0.769. The van der Waals surface area contributed by atoms with Gasteiger partial charge in [0.25, 0.3) is 5.91 Å². The van der Waals surface area contributed by atoms with Gasteiger partial charge in [-0.1, -0.05) is 0 Å². The van der Waals surface area contributed by atoms with Gasteiger partial charge in [-0.15, -0.1) is 0 Å². The zero-order valence-electron chi connectivity index (χ0n) is 10.6. The first-order chi connectivity index (χ1) is 8.72. The lowest BCUT2D eigenvalue weighted by atomic mass is 10.2. The van der Waals surface area contributed by atoms with Gasteiger partial charge in [-0.2, -0.15) is 0 Å². The fourth-order valence-corrected chi connectivity index (χ4v) is 1.89. The molecule has 0 saturated carbocycles. The molecule has 0 saturated heterocycles. The highest BCUT2D eigenvalue weighted by atomic mass is 16.5. The molecule has 1 aliphatic heterocycles. The van der Waals surface area contributed by atoms with Gasteiger partial charge in [-0.3, -0.25) is 4.79 Å². The second-order valence-corrected chi connectivity index (χ2v) is 4.35. The summed E-state index contributed by atoms with van der Waals surface area (Å²) in [5.41, 5.74) is 7.27. The lowest BCUT2D eigenvalue weighted by molar-refractivity contribution is -0.120. The first-order valence-corrected chi connectivity index (χ1v) is 6.19. The molecule has 0 fully saturated rings. The van der Waals surface area contributed by atoms with Crippen LogP contribution >= 0.6 is 0 Å². The molecule has 0 spiro atoms. The average Bonchev–Trinajstić information content (AvgIpc) is 2.39. The van der Waals surface area contributed by atoms with Crippen molar-refractivity contribution in [2.75, 3.05) is 37.0 Å². The second kappa shape index (κ2) is 5.73. The van der Waals surface area contributed by atoms with E-state index in [0.29, 0.717) is 0 Å². The van der Waals surface area contributed by atoms with Crippen molar-refractivity contribution < 1.29 is 9.53 Å². The fourth-order valence-electron chi connectivity index (χ4n) is 1.89. The van der Waals surface area contributed by atoms with Crippen LogP contribution in [0.25, 0.3) is 0 Å². The fraction of sp³-hybridized carbons (Fsp3) is 0.462. The Hall–Kier alpha value is -1.75. The molecule has 1 heterocycles. The van der Waals surface area contributed by atoms with E-state index in [-0.39, 0.29) is 12.5 Å². The Balaban J connectivity index is 2.01. The summed E-state index contributed by atoms with van der Waals surface area (Å²) in [6, 6.07) is 5.79. The summed E-state index contributed by atoms with van der Waals surface area (Å²) < 4.78 is 5.42. The largest absolute Gasteiger partial charge is 0.481 e. The number of ether oxygens (including phenoxy) is 1. The molecule has 18 heavy (non-hydrogen) atoms. The van der Waals surface area contributed by atoms with Gasteiger partial charge in [0, 0.05) is 25.3 Å². The molecule has 0 unspecified atom stereocenters. The smallest absolute Gasteiger partial charge is 0.264 e. The highest BCUT2D eigenvalue weighted by Gasteiger charge is 2.21. The number of benzene rings is 1. The molecule has 5 heteroatoms. The van der Waals surface area contributed by atoms with Crippen molar-refractivity contribution in [2.24, 2.45) is 5.73 Å². The number of hydrogen-bond acceptors (Lipinski definition) is 4. The molecule has 1 amide bonds. The highest BCUT2D eigenvalue weighted by Crippen LogP contribution is 2.33. The predicted octanol–water partition coefficient (Wildman–Crippen LogP) is 1.19. The van der Waals surface area contributed by atoms with E-state index in [2.05, 4.69) is 5.32 Å². The molecule has 1 aromatic rings. The van der Waals surface area contributed by atoms with Crippen molar-refractivity contribution in [3.05, 3.63) is 18.2 Å². The molecule has 2 rings (SSSR count). The van der Waals surface area contributed by atoms with Crippen LogP contribution in [-0.2, 0) is 4.79 Å². The van der Waals surface area contributed by atoms with Crippen LogP contribution in [0.3, 0.4) is 0 Å². The van der Waals surface area contributed by atoms with Crippen molar-refractivity contribution >= 4 is 17.3 Å². The van der Waals surface area contributed by atoms with E-state index in [0.717, 1.165) is 43.1 Å². The number of amides is 1. The Morgan fingerprint density at radius 2 is 2.28 bits per heavy atom. The minimum atomic E-state index is -0.0221. The molecule has 0 radical (unpaired) electrons. The first-order valence-electron chi connectivity index (χ1n) is 6.19. The Bertz CT molecular complexity index is 434. The topological polar surface area (TPSA) is 67.6 Å². The molecular weight excluding hydrogens is 230 g/mol. The number of carbonyl (C=O) groups is 1. The highest BCUT2D eigenvalue weighted by molar-refractivity contribution is 5.97. The monoisotopic (exact) mass is 249 g/mol. The predicted molar refractivity (Wildman–Crippen MR) is 72.1 cm³/mol.